The molecular formula is C13H17NO2. The molecule has 0 saturated carbocycles. The topological polar surface area (TPSA) is 46.2 Å². The molecule has 0 heterocycles. The van der Waals surface area contributed by atoms with Crippen LogP contribution in [0.4, 0.5) is 5.69 Å². The van der Waals surface area contributed by atoms with Crippen molar-refractivity contribution in [2.75, 3.05) is 11.9 Å². The molecular weight excluding hydrogens is 202 g/mol. The van der Waals surface area contributed by atoms with Crippen molar-refractivity contribution in [1.82, 2.24) is 0 Å². The fourth-order valence-electron chi connectivity index (χ4n) is 1.39. The summed E-state index contributed by atoms with van der Waals surface area (Å²) in [5, 5.41) is 3.20. The van der Waals surface area contributed by atoms with E-state index in [2.05, 4.69) is 5.32 Å². The molecule has 0 aliphatic carbocycles. The van der Waals surface area contributed by atoms with Gasteiger partial charge in [-0.2, -0.15) is 0 Å². The largest absolute Gasteiger partial charge is 0.385 e. The predicted octanol–water partition coefficient (Wildman–Crippen LogP) is 2.67. The molecule has 0 saturated heterocycles. The Morgan fingerprint density at radius 2 is 1.75 bits per heavy atom. The maximum atomic E-state index is 11.0. The van der Waals surface area contributed by atoms with Crippen LogP contribution in [0.5, 0.6) is 0 Å². The molecule has 0 spiro atoms. The van der Waals surface area contributed by atoms with Gasteiger partial charge in [0.05, 0.1) is 0 Å². The highest BCUT2D eigenvalue weighted by atomic mass is 16.1. The number of hydrogen-bond acceptors (Lipinski definition) is 3. The van der Waals surface area contributed by atoms with E-state index in [1.807, 2.05) is 12.1 Å². The van der Waals surface area contributed by atoms with Crippen molar-refractivity contribution >= 4 is 17.3 Å². The van der Waals surface area contributed by atoms with Gasteiger partial charge in [0.15, 0.2) is 5.78 Å². The first-order valence-electron chi connectivity index (χ1n) is 5.44. The first-order chi connectivity index (χ1) is 7.59. The number of carbonyl (C=O) groups excluding carboxylic acids is 2. The van der Waals surface area contributed by atoms with Gasteiger partial charge in [0.2, 0.25) is 0 Å². The van der Waals surface area contributed by atoms with Crippen molar-refractivity contribution in [3.8, 4) is 0 Å². The summed E-state index contributed by atoms with van der Waals surface area (Å²) >= 11 is 0. The maximum Gasteiger partial charge on any atom is 0.159 e. The molecule has 3 heteroatoms. The van der Waals surface area contributed by atoms with Crippen LogP contribution in [0.3, 0.4) is 0 Å². The first kappa shape index (κ1) is 12.4. The Balaban J connectivity index is 2.38. The molecule has 16 heavy (non-hydrogen) atoms. The molecule has 0 aliphatic rings. The normalized spacial score (nSPS) is 9.88. The van der Waals surface area contributed by atoms with Gasteiger partial charge in [0, 0.05) is 24.2 Å². The van der Waals surface area contributed by atoms with E-state index in [0.717, 1.165) is 18.7 Å². The molecule has 0 amide bonds. The van der Waals surface area contributed by atoms with Gasteiger partial charge in [-0.3, -0.25) is 4.79 Å². The third kappa shape index (κ3) is 4.26. The Bertz CT molecular complexity index is 368. The predicted molar refractivity (Wildman–Crippen MR) is 64.9 cm³/mol. The van der Waals surface area contributed by atoms with Gasteiger partial charge in [0.25, 0.3) is 0 Å². The molecule has 1 N–H and O–H groups in total. The van der Waals surface area contributed by atoms with E-state index in [0.29, 0.717) is 12.0 Å². The van der Waals surface area contributed by atoms with Crippen LogP contribution >= 0.6 is 0 Å². The molecule has 86 valence electrons. The number of carbonyl (C=O) groups is 2. The average molecular weight is 219 g/mol. The molecule has 1 rings (SSSR count). The first-order valence-corrected chi connectivity index (χ1v) is 5.44. The summed E-state index contributed by atoms with van der Waals surface area (Å²) in [5.74, 6) is 0.289. The van der Waals surface area contributed by atoms with E-state index in [1.165, 1.54) is 0 Å². The highest BCUT2D eigenvalue weighted by molar-refractivity contribution is 5.94. The number of nitrogens with one attached hydrogen (secondary N) is 1. The number of Topliss-reactive ketones (excluding diaryl/α,β-unsaturated/α-hetero) is 2. The summed E-state index contributed by atoms with van der Waals surface area (Å²) in [5.41, 5.74) is 1.70. The number of anilines is 1. The van der Waals surface area contributed by atoms with Crippen LogP contribution in [0, 0.1) is 0 Å². The Hall–Kier alpha value is -1.64. The Labute approximate surface area is 95.9 Å². The van der Waals surface area contributed by atoms with Crippen LogP contribution in [-0.4, -0.2) is 18.1 Å². The molecule has 0 fully saturated rings. The van der Waals surface area contributed by atoms with Crippen LogP contribution in [0.1, 0.15) is 37.0 Å². The molecule has 0 aliphatic heterocycles. The molecule has 1 aromatic rings. The summed E-state index contributed by atoms with van der Waals surface area (Å²) in [4.78, 5) is 21.7. The van der Waals surface area contributed by atoms with Crippen molar-refractivity contribution in [2.24, 2.45) is 0 Å². The zero-order chi connectivity index (χ0) is 12.0. The molecule has 0 atom stereocenters. The maximum absolute atomic E-state index is 11.0. The summed E-state index contributed by atoms with van der Waals surface area (Å²) in [7, 11) is 0. The molecule has 1 aromatic carbocycles. The van der Waals surface area contributed by atoms with E-state index in [9.17, 15) is 9.59 Å². The van der Waals surface area contributed by atoms with Gasteiger partial charge in [0.1, 0.15) is 5.78 Å². The fraction of sp³-hybridized carbons (Fsp3) is 0.385. The lowest BCUT2D eigenvalue weighted by Gasteiger charge is -2.05. The monoisotopic (exact) mass is 219 g/mol. The van der Waals surface area contributed by atoms with Gasteiger partial charge < -0.3 is 10.1 Å². The second-order valence-electron chi connectivity index (χ2n) is 3.87. The van der Waals surface area contributed by atoms with E-state index in [1.54, 1.807) is 26.0 Å². The lowest BCUT2D eigenvalue weighted by molar-refractivity contribution is -0.117. The molecule has 0 bridgehead atoms. The summed E-state index contributed by atoms with van der Waals surface area (Å²) in [6.07, 6.45) is 1.45. The number of hydrogen-bond donors (Lipinski definition) is 1. The second kappa shape index (κ2) is 6.05. The molecule has 0 unspecified atom stereocenters. The van der Waals surface area contributed by atoms with Gasteiger partial charge in [-0.15, -0.1) is 0 Å². The third-order valence-corrected chi connectivity index (χ3v) is 2.33. The molecule has 0 aromatic heterocycles. The second-order valence-corrected chi connectivity index (χ2v) is 3.87. The minimum atomic E-state index is 0.0723. The zero-order valence-corrected chi connectivity index (χ0v) is 9.75. The minimum Gasteiger partial charge on any atom is -0.385 e. The van der Waals surface area contributed by atoms with Crippen LogP contribution in [0.15, 0.2) is 24.3 Å². The smallest absolute Gasteiger partial charge is 0.159 e. The van der Waals surface area contributed by atoms with Crippen LogP contribution < -0.4 is 5.32 Å². The van der Waals surface area contributed by atoms with Gasteiger partial charge in [-0.25, -0.2) is 0 Å². The highest BCUT2D eigenvalue weighted by Crippen LogP contribution is 2.10. The van der Waals surface area contributed by atoms with Crippen molar-refractivity contribution in [1.29, 1.82) is 0 Å². The average Bonchev–Trinajstić information content (AvgIpc) is 2.25. The molecule has 0 radical (unpaired) electrons. The number of rotatable bonds is 6. The van der Waals surface area contributed by atoms with Crippen LogP contribution in [0.25, 0.3) is 0 Å². The van der Waals surface area contributed by atoms with E-state index >= 15 is 0 Å². The highest BCUT2D eigenvalue weighted by Gasteiger charge is 1.98. The van der Waals surface area contributed by atoms with Crippen molar-refractivity contribution in [2.45, 2.75) is 26.7 Å². The summed E-state index contributed by atoms with van der Waals surface area (Å²) < 4.78 is 0. The SMILES string of the molecule is CC(=O)CCCNc1ccc(C(C)=O)cc1. The lowest BCUT2D eigenvalue weighted by Crippen LogP contribution is -2.03. The fourth-order valence-corrected chi connectivity index (χ4v) is 1.39. The van der Waals surface area contributed by atoms with E-state index < -0.39 is 0 Å². The third-order valence-electron chi connectivity index (χ3n) is 2.33. The van der Waals surface area contributed by atoms with E-state index in [4.69, 9.17) is 0 Å². The molecule has 3 nitrogen and oxygen atoms in total. The quantitative estimate of drug-likeness (QED) is 0.591. The Morgan fingerprint density at radius 1 is 1.12 bits per heavy atom. The van der Waals surface area contributed by atoms with Gasteiger partial charge >= 0.3 is 0 Å². The Morgan fingerprint density at radius 3 is 2.25 bits per heavy atom. The summed E-state index contributed by atoms with van der Waals surface area (Å²) in [6, 6.07) is 7.36. The summed E-state index contributed by atoms with van der Waals surface area (Å²) in [6.45, 7) is 3.93. The Kier molecular flexibility index (Phi) is 4.70. The van der Waals surface area contributed by atoms with E-state index in [-0.39, 0.29) is 11.6 Å². The van der Waals surface area contributed by atoms with Crippen LogP contribution in [0.2, 0.25) is 0 Å². The number of benzene rings is 1. The van der Waals surface area contributed by atoms with Crippen molar-refractivity contribution in [3.05, 3.63) is 29.8 Å². The van der Waals surface area contributed by atoms with Crippen LogP contribution in [-0.2, 0) is 4.79 Å². The van der Waals surface area contributed by atoms with Crippen molar-refractivity contribution in [3.63, 3.8) is 0 Å². The minimum absolute atomic E-state index is 0.0723. The lowest BCUT2D eigenvalue weighted by atomic mass is 10.1. The van der Waals surface area contributed by atoms with Gasteiger partial charge in [-0.1, -0.05) is 0 Å². The number of ketones is 2. The van der Waals surface area contributed by atoms with Gasteiger partial charge in [-0.05, 0) is 44.5 Å². The zero-order valence-electron chi connectivity index (χ0n) is 9.75. The standard InChI is InChI=1S/C13H17NO2/c1-10(15)4-3-9-14-13-7-5-12(6-8-13)11(2)16/h5-8,14H,3-4,9H2,1-2H3. The van der Waals surface area contributed by atoms with Crippen molar-refractivity contribution < 1.29 is 9.59 Å².